The lowest BCUT2D eigenvalue weighted by Gasteiger charge is -2.10. The Kier molecular flexibility index (Phi) is 3.99. The Balaban J connectivity index is 2.64. The summed E-state index contributed by atoms with van der Waals surface area (Å²) < 4.78 is 25.2. The van der Waals surface area contributed by atoms with E-state index in [9.17, 15) is 13.6 Å². The summed E-state index contributed by atoms with van der Waals surface area (Å²) in [5, 5.41) is 8.60. The van der Waals surface area contributed by atoms with E-state index in [1.807, 2.05) is 0 Å². The number of hydrogen-bond acceptors (Lipinski definition) is 1. The second kappa shape index (κ2) is 5.05. The van der Waals surface area contributed by atoms with Gasteiger partial charge in [0, 0.05) is 6.42 Å². The highest BCUT2D eigenvalue weighted by atomic mass is 19.3. The predicted molar refractivity (Wildman–Crippen MR) is 56.7 cm³/mol. The van der Waals surface area contributed by atoms with Crippen LogP contribution in [0.15, 0.2) is 24.3 Å². The summed E-state index contributed by atoms with van der Waals surface area (Å²) in [4.78, 5) is 10.5. The van der Waals surface area contributed by atoms with Crippen LogP contribution in [-0.2, 0) is 17.6 Å². The van der Waals surface area contributed by atoms with Crippen molar-refractivity contribution in [2.45, 2.75) is 32.1 Å². The van der Waals surface area contributed by atoms with Gasteiger partial charge in [-0.15, -0.1) is 0 Å². The molecule has 0 aliphatic heterocycles. The summed E-state index contributed by atoms with van der Waals surface area (Å²) in [6.45, 7) is 0.883. The molecule has 0 unspecified atom stereocenters. The van der Waals surface area contributed by atoms with E-state index in [-0.39, 0.29) is 19.3 Å². The lowest BCUT2D eigenvalue weighted by molar-refractivity contribution is -0.136. The maximum absolute atomic E-state index is 12.6. The van der Waals surface area contributed by atoms with E-state index < -0.39 is 11.9 Å². The molecule has 2 nitrogen and oxygen atoms in total. The maximum Gasteiger partial charge on any atom is 0.307 e. The van der Waals surface area contributed by atoms with Gasteiger partial charge in [-0.2, -0.15) is 0 Å². The van der Waals surface area contributed by atoms with Gasteiger partial charge in [-0.25, -0.2) is 8.78 Å². The number of benzene rings is 1. The fourth-order valence-corrected chi connectivity index (χ4v) is 1.43. The van der Waals surface area contributed by atoms with Crippen LogP contribution in [0, 0.1) is 0 Å². The Labute approximate surface area is 92.9 Å². The Morgan fingerprint density at radius 3 is 2.56 bits per heavy atom. The molecule has 1 N–H and O–H groups in total. The fourth-order valence-electron chi connectivity index (χ4n) is 1.43. The first-order valence-corrected chi connectivity index (χ1v) is 5.04. The molecule has 0 aliphatic carbocycles. The number of alkyl halides is 2. The van der Waals surface area contributed by atoms with Crippen molar-refractivity contribution in [3.63, 3.8) is 0 Å². The van der Waals surface area contributed by atoms with Gasteiger partial charge >= 0.3 is 5.97 Å². The average molecular weight is 228 g/mol. The van der Waals surface area contributed by atoms with Crippen molar-refractivity contribution >= 4 is 5.97 Å². The first kappa shape index (κ1) is 12.6. The summed E-state index contributed by atoms with van der Waals surface area (Å²) >= 11 is 0. The molecule has 0 saturated heterocycles. The third-order valence-corrected chi connectivity index (χ3v) is 2.20. The highest BCUT2D eigenvalue weighted by molar-refractivity contribution is 5.70. The van der Waals surface area contributed by atoms with Crippen LogP contribution in [0.4, 0.5) is 8.78 Å². The molecule has 0 spiro atoms. The number of rotatable bonds is 5. The number of aryl methyl sites for hydroxylation is 1. The summed E-state index contributed by atoms with van der Waals surface area (Å²) in [7, 11) is 0. The summed E-state index contributed by atoms with van der Waals surface area (Å²) in [6, 6.07) is 6.78. The molecule has 0 radical (unpaired) electrons. The Morgan fingerprint density at radius 2 is 2.00 bits per heavy atom. The van der Waals surface area contributed by atoms with E-state index in [1.165, 1.54) is 0 Å². The molecule has 0 fully saturated rings. The third-order valence-electron chi connectivity index (χ3n) is 2.20. The molecule has 0 aromatic heterocycles. The van der Waals surface area contributed by atoms with Gasteiger partial charge in [0.15, 0.2) is 0 Å². The molecule has 0 amide bonds. The summed E-state index contributed by atoms with van der Waals surface area (Å²) in [6.07, 6.45) is -0.0309. The normalized spacial score (nSPS) is 11.4. The van der Waals surface area contributed by atoms with Crippen LogP contribution in [0.5, 0.6) is 0 Å². The number of halogens is 2. The van der Waals surface area contributed by atoms with Gasteiger partial charge in [-0.3, -0.25) is 4.79 Å². The molecule has 0 saturated carbocycles. The van der Waals surface area contributed by atoms with Crippen LogP contribution in [0.2, 0.25) is 0 Å². The molecule has 0 aliphatic rings. The lowest BCUT2D eigenvalue weighted by Crippen LogP contribution is -2.10. The third kappa shape index (κ3) is 4.87. The molecule has 1 aromatic rings. The fraction of sp³-hybridized carbons (Fsp3) is 0.417. The predicted octanol–water partition coefficient (Wildman–Crippen LogP) is 2.90. The van der Waals surface area contributed by atoms with E-state index >= 15 is 0 Å². The van der Waals surface area contributed by atoms with Crippen molar-refractivity contribution in [2.75, 3.05) is 0 Å². The van der Waals surface area contributed by atoms with E-state index in [1.54, 1.807) is 24.3 Å². The zero-order valence-corrected chi connectivity index (χ0v) is 9.04. The number of carboxylic acids is 1. The van der Waals surface area contributed by atoms with Crippen LogP contribution in [-0.4, -0.2) is 17.0 Å². The van der Waals surface area contributed by atoms with Gasteiger partial charge in [0.2, 0.25) is 5.92 Å². The van der Waals surface area contributed by atoms with E-state index in [2.05, 4.69) is 0 Å². The Bertz CT molecular complexity index is 370. The monoisotopic (exact) mass is 228 g/mol. The minimum atomic E-state index is -2.68. The zero-order valence-electron chi connectivity index (χ0n) is 9.04. The molecular formula is C12H14F2O2. The van der Waals surface area contributed by atoms with Crippen molar-refractivity contribution < 1.29 is 18.7 Å². The van der Waals surface area contributed by atoms with Crippen molar-refractivity contribution in [3.05, 3.63) is 35.4 Å². The van der Waals surface area contributed by atoms with Crippen LogP contribution in [0.3, 0.4) is 0 Å². The van der Waals surface area contributed by atoms with Crippen molar-refractivity contribution in [3.8, 4) is 0 Å². The molecule has 0 atom stereocenters. The standard InChI is InChI=1S/C12H14F2O2/c1-12(13,14)6-5-9-3-2-4-10(7-9)8-11(15)16/h2-4,7H,5-6,8H2,1H3,(H,15,16). The number of carbonyl (C=O) groups is 1. The molecule has 88 valence electrons. The lowest BCUT2D eigenvalue weighted by atomic mass is 10.0. The molecule has 1 rings (SSSR count). The summed E-state index contributed by atoms with van der Waals surface area (Å²) in [5.41, 5.74) is 1.39. The zero-order chi connectivity index (χ0) is 12.2. The van der Waals surface area contributed by atoms with Gasteiger partial charge in [0.05, 0.1) is 6.42 Å². The van der Waals surface area contributed by atoms with Gasteiger partial charge in [0.1, 0.15) is 0 Å². The van der Waals surface area contributed by atoms with Crippen LogP contribution < -0.4 is 0 Å². The number of carboxylic acid groups (broad SMARTS) is 1. The minimum Gasteiger partial charge on any atom is -0.481 e. The van der Waals surface area contributed by atoms with Gasteiger partial charge < -0.3 is 5.11 Å². The molecular weight excluding hydrogens is 214 g/mol. The summed E-state index contributed by atoms with van der Waals surface area (Å²) in [5.74, 6) is -3.60. The van der Waals surface area contributed by atoms with Gasteiger partial charge in [-0.05, 0) is 24.5 Å². The maximum atomic E-state index is 12.6. The van der Waals surface area contributed by atoms with Crippen molar-refractivity contribution in [2.24, 2.45) is 0 Å². The second-order valence-electron chi connectivity index (χ2n) is 3.96. The van der Waals surface area contributed by atoms with Gasteiger partial charge in [0.25, 0.3) is 0 Å². The SMILES string of the molecule is CC(F)(F)CCc1cccc(CC(=O)O)c1. The van der Waals surface area contributed by atoms with E-state index in [4.69, 9.17) is 5.11 Å². The molecule has 4 heteroatoms. The highest BCUT2D eigenvalue weighted by Crippen LogP contribution is 2.20. The van der Waals surface area contributed by atoms with Crippen LogP contribution in [0.25, 0.3) is 0 Å². The molecule has 1 aromatic carbocycles. The topological polar surface area (TPSA) is 37.3 Å². The molecule has 0 bridgehead atoms. The first-order chi connectivity index (χ1) is 7.37. The molecule has 0 heterocycles. The first-order valence-electron chi connectivity index (χ1n) is 5.04. The highest BCUT2D eigenvalue weighted by Gasteiger charge is 2.20. The smallest absolute Gasteiger partial charge is 0.307 e. The van der Waals surface area contributed by atoms with E-state index in [0.29, 0.717) is 5.56 Å². The average Bonchev–Trinajstić information content (AvgIpc) is 2.13. The Morgan fingerprint density at radius 1 is 1.38 bits per heavy atom. The van der Waals surface area contributed by atoms with Crippen molar-refractivity contribution in [1.82, 2.24) is 0 Å². The number of aliphatic carboxylic acids is 1. The van der Waals surface area contributed by atoms with Crippen molar-refractivity contribution in [1.29, 1.82) is 0 Å². The van der Waals surface area contributed by atoms with Crippen LogP contribution in [0.1, 0.15) is 24.5 Å². The van der Waals surface area contributed by atoms with Crippen LogP contribution >= 0.6 is 0 Å². The van der Waals surface area contributed by atoms with E-state index in [0.717, 1.165) is 12.5 Å². The minimum absolute atomic E-state index is 0.0731. The Hall–Kier alpha value is -1.45. The largest absolute Gasteiger partial charge is 0.481 e. The number of hydrogen-bond donors (Lipinski definition) is 1. The quantitative estimate of drug-likeness (QED) is 0.841. The van der Waals surface area contributed by atoms with Gasteiger partial charge in [-0.1, -0.05) is 24.3 Å². The second-order valence-corrected chi connectivity index (χ2v) is 3.96. The molecule has 16 heavy (non-hydrogen) atoms.